The van der Waals surface area contributed by atoms with Crippen LogP contribution in [0.1, 0.15) is 56.2 Å². The Hall–Kier alpha value is -3.02. The SMILES string of the molecule is COc1ccccc1C(NC(=O)N1CCN(C(C)=O)C2(CCCCC2)C1)c1ccccc1. The van der Waals surface area contributed by atoms with Gasteiger partial charge < -0.3 is 19.9 Å². The van der Waals surface area contributed by atoms with Crippen molar-refractivity contribution in [3.05, 3.63) is 65.7 Å². The fraction of sp³-hybridized carbons (Fsp3) is 0.462. The van der Waals surface area contributed by atoms with E-state index < -0.39 is 0 Å². The van der Waals surface area contributed by atoms with Crippen LogP contribution in [0.15, 0.2) is 54.6 Å². The van der Waals surface area contributed by atoms with Crippen LogP contribution in [-0.2, 0) is 4.79 Å². The van der Waals surface area contributed by atoms with Crippen molar-refractivity contribution in [1.82, 2.24) is 15.1 Å². The Bertz CT molecular complexity index is 940. The minimum atomic E-state index is -0.326. The predicted octanol–water partition coefficient (Wildman–Crippen LogP) is 4.36. The van der Waals surface area contributed by atoms with Gasteiger partial charge in [-0.15, -0.1) is 0 Å². The first-order valence-electron chi connectivity index (χ1n) is 11.6. The van der Waals surface area contributed by atoms with Gasteiger partial charge in [-0.3, -0.25) is 4.79 Å². The number of benzene rings is 2. The third kappa shape index (κ3) is 4.45. The zero-order valence-electron chi connectivity index (χ0n) is 19.0. The van der Waals surface area contributed by atoms with Crippen molar-refractivity contribution < 1.29 is 14.3 Å². The van der Waals surface area contributed by atoms with Gasteiger partial charge in [-0.2, -0.15) is 0 Å². The minimum absolute atomic E-state index is 0.0992. The molecule has 3 amide bonds. The first-order chi connectivity index (χ1) is 15.5. The van der Waals surface area contributed by atoms with E-state index in [-0.39, 0.29) is 23.5 Å². The Kier molecular flexibility index (Phi) is 6.68. The van der Waals surface area contributed by atoms with E-state index in [0.717, 1.165) is 42.6 Å². The molecule has 2 fully saturated rings. The van der Waals surface area contributed by atoms with Crippen LogP contribution in [0.4, 0.5) is 4.79 Å². The molecule has 0 radical (unpaired) electrons. The van der Waals surface area contributed by atoms with Crippen molar-refractivity contribution in [1.29, 1.82) is 0 Å². The summed E-state index contributed by atoms with van der Waals surface area (Å²) in [6.45, 7) is 3.37. The molecule has 1 saturated carbocycles. The Morgan fingerprint density at radius 1 is 0.969 bits per heavy atom. The van der Waals surface area contributed by atoms with E-state index in [1.807, 2.05) is 64.4 Å². The van der Waals surface area contributed by atoms with Crippen molar-refractivity contribution in [3.63, 3.8) is 0 Å². The zero-order chi connectivity index (χ0) is 22.6. The zero-order valence-corrected chi connectivity index (χ0v) is 19.0. The van der Waals surface area contributed by atoms with Gasteiger partial charge in [-0.1, -0.05) is 67.8 Å². The number of amides is 3. The molecule has 2 aliphatic rings. The molecule has 1 atom stereocenters. The third-order valence-corrected chi connectivity index (χ3v) is 6.95. The largest absolute Gasteiger partial charge is 0.496 e. The van der Waals surface area contributed by atoms with E-state index in [1.54, 1.807) is 14.0 Å². The second kappa shape index (κ2) is 9.63. The fourth-order valence-corrected chi connectivity index (χ4v) is 5.39. The highest BCUT2D eigenvalue weighted by Crippen LogP contribution is 2.37. The van der Waals surface area contributed by atoms with Gasteiger partial charge in [0.2, 0.25) is 5.91 Å². The molecule has 6 heteroatoms. The van der Waals surface area contributed by atoms with Gasteiger partial charge in [-0.05, 0) is 24.5 Å². The highest BCUT2D eigenvalue weighted by Gasteiger charge is 2.45. The summed E-state index contributed by atoms with van der Waals surface area (Å²) >= 11 is 0. The molecule has 2 aromatic rings. The monoisotopic (exact) mass is 435 g/mol. The van der Waals surface area contributed by atoms with Gasteiger partial charge in [0.1, 0.15) is 5.75 Å². The van der Waals surface area contributed by atoms with Crippen LogP contribution >= 0.6 is 0 Å². The lowest BCUT2D eigenvalue weighted by molar-refractivity contribution is -0.141. The first kappa shape index (κ1) is 22.2. The lowest BCUT2D eigenvalue weighted by atomic mass is 9.78. The van der Waals surface area contributed by atoms with Crippen molar-refractivity contribution >= 4 is 11.9 Å². The van der Waals surface area contributed by atoms with Gasteiger partial charge in [-0.25, -0.2) is 4.79 Å². The number of ether oxygens (including phenoxy) is 1. The van der Waals surface area contributed by atoms with E-state index in [2.05, 4.69) is 5.32 Å². The quantitative estimate of drug-likeness (QED) is 0.776. The number of carbonyl (C=O) groups is 2. The number of piperazine rings is 1. The third-order valence-electron chi connectivity index (χ3n) is 6.95. The van der Waals surface area contributed by atoms with Gasteiger partial charge in [0.05, 0.1) is 18.7 Å². The van der Waals surface area contributed by atoms with Crippen molar-refractivity contribution in [2.75, 3.05) is 26.7 Å². The van der Waals surface area contributed by atoms with Crippen molar-refractivity contribution in [2.45, 2.75) is 50.6 Å². The Labute approximate surface area is 190 Å². The molecule has 1 N–H and O–H groups in total. The van der Waals surface area contributed by atoms with Crippen LogP contribution in [0, 0.1) is 0 Å². The molecule has 4 rings (SSSR count). The Balaban J connectivity index is 1.59. The lowest BCUT2D eigenvalue weighted by Gasteiger charge is -2.52. The topological polar surface area (TPSA) is 61.9 Å². The standard InChI is InChI=1S/C26H33N3O3/c1-20(30)29-18-17-28(19-26(29)15-9-4-10-16-26)25(31)27-24(21-11-5-3-6-12-21)22-13-7-8-14-23(22)32-2/h3,5-8,11-14,24H,4,9-10,15-19H2,1-2H3,(H,27,31). The number of rotatable bonds is 4. The minimum Gasteiger partial charge on any atom is -0.496 e. The smallest absolute Gasteiger partial charge is 0.318 e. The number of methoxy groups -OCH3 is 1. The number of urea groups is 1. The molecule has 0 aromatic heterocycles. The van der Waals surface area contributed by atoms with Crippen LogP contribution in [0.2, 0.25) is 0 Å². The molecular weight excluding hydrogens is 402 g/mol. The maximum atomic E-state index is 13.5. The molecule has 1 unspecified atom stereocenters. The molecular formula is C26H33N3O3. The number of hydrogen-bond donors (Lipinski definition) is 1. The highest BCUT2D eigenvalue weighted by atomic mass is 16.5. The predicted molar refractivity (Wildman–Crippen MR) is 125 cm³/mol. The van der Waals surface area contributed by atoms with E-state index in [9.17, 15) is 9.59 Å². The maximum absolute atomic E-state index is 13.5. The average molecular weight is 436 g/mol. The van der Waals surface area contributed by atoms with E-state index in [4.69, 9.17) is 4.74 Å². The molecule has 170 valence electrons. The summed E-state index contributed by atoms with van der Waals surface area (Å²) in [5.74, 6) is 0.856. The molecule has 1 saturated heterocycles. The van der Waals surface area contributed by atoms with Gasteiger partial charge in [0, 0.05) is 32.1 Å². The van der Waals surface area contributed by atoms with Crippen LogP contribution in [0.25, 0.3) is 0 Å². The summed E-state index contributed by atoms with van der Waals surface area (Å²) in [6, 6.07) is 17.3. The number of hydrogen-bond acceptors (Lipinski definition) is 3. The Morgan fingerprint density at radius 3 is 2.34 bits per heavy atom. The molecule has 1 aliphatic carbocycles. The Morgan fingerprint density at radius 2 is 1.66 bits per heavy atom. The second-order valence-corrected chi connectivity index (χ2v) is 8.91. The highest BCUT2D eigenvalue weighted by molar-refractivity contribution is 5.78. The van der Waals surface area contributed by atoms with Gasteiger partial charge in [0.25, 0.3) is 0 Å². The summed E-state index contributed by atoms with van der Waals surface area (Å²) in [6.07, 6.45) is 5.33. The van der Waals surface area contributed by atoms with Crippen molar-refractivity contribution in [3.8, 4) is 5.75 Å². The summed E-state index contributed by atoms with van der Waals surface area (Å²) < 4.78 is 5.60. The molecule has 1 heterocycles. The second-order valence-electron chi connectivity index (χ2n) is 8.91. The maximum Gasteiger partial charge on any atom is 0.318 e. The molecule has 32 heavy (non-hydrogen) atoms. The summed E-state index contributed by atoms with van der Waals surface area (Å²) in [4.78, 5) is 29.8. The fourth-order valence-electron chi connectivity index (χ4n) is 5.39. The van der Waals surface area contributed by atoms with Crippen LogP contribution in [0.5, 0.6) is 5.75 Å². The molecule has 1 aliphatic heterocycles. The van der Waals surface area contributed by atoms with E-state index in [1.165, 1.54) is 6.42 Å². The number of nitrogens with zero attached hydrogens (tertiary/aromatic N) is 2. The summed E-state index contributed by atoms with van der Waals surface area (Å²) in [7, 11) is 1.65. The van der Waals surface area contributed by atoms with Gasteiger partial charge >= 0.3 is 6.03 Å². The van der Waals surface area contributed by atoms with Crippen LogP contribution in [0.3, 0.4) is 0 Å². The van der Waals surface area contributed by atoms with Crippen molar-refractivity contribution in [2.24, 2.45) is 0 Å². The molecule has 1 spiro atoms. The number of carbonyl (C=O) groups excluding carboxylic acids is 2. The first-order valence-corrected chi connectivity index (χ1v) is 11.6. The van der Waals surface area contributed by atoms with Gasteiger partial charge in [0.15, 0.2) is 0 Å². The number of para-hydroxylation sites is 1. The molecule has 2 aromatic carbocycles. The number of nitrogens with one attached hydrogen (secondary N) is 1. The summed E-state index contributed by atoms with van der Waals surface area (Å²) in [5.41, 5.74) is 1.69. The molecule has 0 bridgehead atoms. The van der Waals surface area contributed by atoms with E-state index >= 15 is 0 Å². The lowest BCUT2D eigenvalue weighted by Crippen LogP contribution is -2.66. The van der Waals surface area contributed by atoms with Crippen LogP contribution < -0.4 is 10.1 Å². The summed E-state index contributed by atoms with van der Waals surface area (Å²) in [5, 5.41) is 3.26. The average Bonchev–Trinajstić information content (AvgIpc) is 2.83. The van der Waals surface area contributed by atoms with Crippen LogP contribution in [-0.4, -0.2) is 54.0 Å². The molecule has 6 nitrogen and oxygen atoms in total. The normalized spacial score (nSPS) is 18.8. The van der Waals surface area contributed by atoms with E-state index in [0.29, 0.717) is 19.6 Å².